The minimum Gasteiger partial charge on any atom is -0.496 e. The van der Waals surface area contributed by atoms with Gasteiger partial charge in [0, 0.05) is 15.7 Å². The number of imide groups is 1. The molecule has 1 aliphatic heterocycles. The standard InChI is InChI=1S/C22H21BrN2O4S/c1-13(2)14-4-7-17(8-5-14)24-20(26)12-25-21(27)19(30-22(25)28)11-15-10-16(23)6-9-18(15)29-3/h4-11,13H,12H2,1-3H3,(H,24,26)/b19-11+. The van der Waals surface area contributed by atoms with E-state index in [2.05, 4.69) is 35.1 Å². The number of hydrogen-bond donors (Lipinski definition) is 1. The van der Waals surface area contributed by atoms with Crippen LogP contribution >= 0.6 is 27.7 Å². The number of thioether (sulfide) groups is 1. The van der Waals surface area contributed by atoms with Crippen molar-refractivity contribution in [2.75, 3.05) is 19.0 Å². The molecule has 1 heterocycles. The van der Waals surface area contributed by atoms with Crippen LogP contribution in [-0.4, -0.2) is 35.6 Å². The van der Waals surface area contributed by atoms with Crippen molar-refractivity contribution in [3.63, 3.8) is 0 Å². The summed E-state index contributed by atoms with van der Waals surface area (Å²) < 4.78 is 6.12. The molecule has 0 radical (unpaired) electrons. The molecule has 3 rings (SSSR count). The van der Waals surface area contributed by atoms with Crippen LogP contribution < -0.4 is 10.1 Å². The minimum atomic E-state index is -0.502. The second-order valence-corrected chi connectivity index (χ2v) is 8.89. The van der Waals surface area contributed by atoms with E-state index in [0.29, 0.717) is 22.9 Å². The molecular weight excluding hydrogens is 468 g/mol. The van der Waals surface area contributed by atoms with Crippen molar-refractivity contribution in [2.45, 2.75) is 19.8 Å². The average molecular weight is 489 g/mol. The number of amides is 3. The first kappa shape index (κ1) is 22.1. The number of carbonyl (C=O) groups excluding carboxylic acids is 3. The van der Waals surface area contributed by atoms with Crippen LogP contribution in [0.2, 0.25) is 0 Å². The van der Waals surface area contributed by atoms with Crippen LogP contribution in [0.3, 0.4) is 0 Å². The number of methoxy groups -OCH3 is 1. The van der Waals surface area contributed by atoms with E-state index >= 15 is 0 Å². The summed E-state index contributed by atoms with van der Waals surface area (Å²) in [5, 5.41) is 2.25. The molecule has 6 nitrogen and oxygen atoms in total. The molecule has 0 spiro atoms. The maximum Gasteiger partial charge on any atom is 0.294 e. The van der Waals surface area contributed by atoms with E-state index in [9.17, 15) is 14.4 Å². The fraction of sp³-hybridized carbons (Fsp3) is 0.227. The number of anilines is 1. The van der Waals surface area contributed by atoms with E-state index in [1.54, 1.807) is 30.3 Å². The van der Waals surface area contributed by atoms with E-state index in [1.165, 1.54) is 7.11 Å². The summed E-state index contributed by atoms with van der Waals surface area (Å²) in [6, 6.07) is 12.9. The molecule has 0 aromatic heterocycles. The third-order valence-electron chi connectivity index (χ3n) is 4.51. The van der Waals surface area contributed by atoms with Gasteiger partial charge in [0.1, 0.15) is 12.3 Å². The second kappa shape index (κ2) is 9.49. The fourth-order valence-electron chi connectivity index (χ4n) is 2.89. The van der Waals surface area contributed by atoms with E-state index in [1.807, 2.05) is 18.2 Å². The fourth-order valence-corrected chi connectivity index (χ4v) is 4.10. The van der Waals surface area contributed by atoms with Crippen molar-refractivity contribution < 1.29 is 19.1 Å². The predicted molar refractivity (Wildman–Crippen MR) is 123 cm³/mol. The van der Waals surface area contributed by atoms with Gasteiger partial charge in [0.25, 0.3) is 11.1 Å². The highest BCUT2D eigenvalue weighted by atomic mass is 79.9. The van der Waals surface area contributed by atoms with Gasteiger partial charge in [-0.15, -0.1) is 0 Å². The predicted octanol–water partition coefficient (Wildman–Crippen LogP) is 5.26. The lowest BCUT2D eigenvalue weighted by Gasteiger charge is -2.13. The number of nitrogens with one attached hydrogen (secondary N) is 1. The average Bonchev–Trinajstić information content (AvgIpc) is 2.96. The molecule has 1 fully saturated rings. The normalized spacial score (nSPS) is 15.2. The van der Waals surface area contributed by atoms with Crippen LogP contribution in [0.15, 0.2) is 51.8 Å². The number of ether oxygens (including phenoxy) is 1. The Morgan fingerprint density at radius 2 is 1.90 bits per heavy atom. The molecular formula is C22H21BrN2O4S. The quantitative estimate of drug-likeness (QED) is 0.561. The maximum absolute atomic E-state index is 12.7. The Morgan fingerprint density at radius 3 is 2.53 bits per heavy atom. The number of halogens is 1. The highest BCUT2D eigenvalue weighted by molar-refractivity contribution is 9.10. The first-order valence-corrected chi connectivity index (χ1v) is 10.9. The van der Waals surface area contributed by atoms with E-state index in [-0.39, 0.29) is 11.4 Å². The van der Waals surface area contributed by atoms with Gasteiger partial charge in [0.05, 0.1) is 12.0 Å². The largest absolute Gasteiger partial charge is 0.496 e. The SMILES string of the molecule is COc1ccc(Br)cc1/C=C1/SC(=O)N(CC(=O)Nc2ccc(C(C)C)cc2)C1=O. The molecule has 0 unspecified atom stereocenters. The first-order valence-electron chi connectivity index (χ1n) is 9.27. The lowest BCUT2D eigenvalue weighted by atomic mass is 10.0. The molecule has 0 atom stereocenters. The molecule has 1 aliphatic rings. The van der Waals surface area contributed by atoms with Crippen molar-refractivity contribution in [2.24, 2.45) is 0 Å². The third-order valence-corrected chi connectivity index (χ3v) is 5.92. The topological polar surface area (TPSA) is 75.7 Å². The molecule has 156 valence electrons. The van der Waals surface area contributed by atoms with Crippen LogP contribution in [0.25, 0.3) is 6.08 Å². The van der Waals surface area contributed by atoms with Crippen LogP contribution in [0.4, 0.5) is 10.5 Å². The summed E-state index contributed by atoms with van der Waals surface area (Å²) in [5.41, 5.74) is 2.44. The van der Waals surface area contributed by atoms with Gasteiger partial charge in [-0.25, -0.2) is 0 Å². The molecule has 2 aromatic carbocycles. The van der Waals surface area contributed by atoms with Gasteiger partial charge < -0.3 is 10.1 Å². The van der Waals surface area contributed by atoms with Crippen molar-refractivity contribution in [3.8, 4) is 5.75 Å². The Hall–Kier alpha value is -2.58. The Labute approximate surface area is 187 Å². The van der Waals surface area contributed by atoms with Gasteiger partial charge in [-0.3, -0.25) is 19.3 Å². The number of benzene rings is 2. The molecule has 1 N–H and O–H groups in total. The molecule has 30 heavy (non-hydrogen) atoms. The summed E-state index contributed by atoms with van der Waals surface area (Å²) in [6.07, 6.45) is 1.59. The van der Waals surface area contributed by atoms with Crippen molar-refractivity contribution in [3.05, 3.63) is 63.0 Å². The number of hydrogen-bond acceptors (Lipinski definition) is 5. The molecule has 2 aromatic rings. The highest BCUT2D eigenvalue weighted by Gasteiger charge is 2.36. The Morgan fingerprint density at radius 1 is 1.20 bits per heavy atom. The number of rotatable bonds is 6. The second-order valence-electron chi connectivity index (χ2n) is 6.98. The molecule has 1 saturated heterocycles. The summed E-state index contributed by atoms with van der Waals surface area (Å²) >= 11 is 4.19. The first-order chi connectivity index (χ1) is 14.3. The molecule has 0 bridgehead atoms. The summed E-state index contributed by atoms with van der Waals surface area (Å²) in [4.78, 5) is 38.6. The summed E-state index contributed by atoms with van der Waals surface area (Å²) in [7, 11) is 1.53. The summed E-state index contributed by atoms with van der Waals surface area (Å²) in [6.45, 7) is 3.83. The van der Waals surface area contributed by atoms with Crippen molar-refractivity contribution in [1.29, 1.82) is 0 Å². The van der Waals surface area contributed by atoms with Gasteiger partial charge in [0.2, 0.25) is 5.91 Å². The van der Waals surface area contributed by atoms with Crippen LogP contribution in [-0.2, 0) is 9.59 Å². The number of nitrogens with zero attached hydrogens (tertiary/aromatic N) is 1. The summed E-state index contributed by atoms with van der Waals surface area (Å²) in [5.74, 6) is 0.0292. The number of carbonyl (C=O) groups is 3. The Bertz CT molecular complexity index is 1020. The smallest absolute Gasteiger partial charge is 0.294 e. The molecule has 0 saturated carbocycles. The maximum atomic E-state index is 12.7. The zero-order valence-electron chi connectivity index (χ0n) is 16.8. The minimum absolute atomic E-state index is 0.241. The lowest BCUT2D eigenvalue weighted by molar-refractivity contribution is -0.127. The van der Waals surface area contributed by atoms with Gasteiger partial charge in [-0.05, 0) is 59.7 Å². The van der Waals surface area contributed by atoms with Crippen molar-refractivity contribution in [1.82, 2.24) is 4.90 Å². The molecule has 3 amide bonds. The zero-order valence-corrected chi connectivity index (χ0v) is 19.2. The molecule has 0 aliphatic carbocycles. The Balaban J connectivity index is 1.70. The zero-order chi connectivity index (χ0) is 21.8. The van der Waals surface area contributed by atoms with Gasteiger partial charge >= 0.3 is 0 Å². The van der Waals surface area contributed by atoms with Gasteiger partial charge in [-0.2, -0.15) is 0 Å². The highest BCUT2D eigenvalue weighted by Crippen LogP contribution is 2.34. The van der Waals surface area contributed by atoms with E-state index in [4.69, 9.17) is 4.74 Å². The van der Waals surface area contributed by atoms with Gasteiger partial charge in [-0.1, -0.05) is 41.9 Å². The van der Waals surface area contributed by atoms with Crippen LogP contribution in [0.5, 0.6) is 5.75 Å². The Kier molecular flexibility index (Phi) is 6.99. The van der Waals surface area contributed by atoms with Crippen LogP contribution in [0.1, 0.15) is 30.9 Å². The lowest BCUT2D eigenvalue weighted by Crippen LogP contribution is -2.36. The molecule has 8 heteroatoms. The van der Waals surface area contributed by atoms with Crippen LogP contribution in [0, 0.1) is 0 Å². The van der Waals surface area contributed by atoms with Crippen molar-refractivity contribution >= 4 is 56.5 Å². The van der Waals surface area contributed by atoms with E-state index in [0.717, 1.165) is 26.7 Å². The van der Waals surface area contributed by atoms with Gasteiger partial charge in [0.15, 0.2) is 0 Å². The van der Waals surface area contributed by atoms with E-state index < -0.39 is 17.1 Å². The third kappa shape index (κ3) is 5.12. The monoisotopic (exact) mass is 488 g/mol.